The van der Waals surface area contributed by atoms with Gasteiger partial charge in [0.25, 0.3) is 0 Å². The van der Waals surface area contributed by atoms with E-state index >= 15 is 0 Å². The fraction of sp³-hybridized carbons (Fsp3) is 0.722. The van der Waals surface area contributed by atoms with Crippen LogP contribution in [0.1, 0.15) is 61.1 Å². The van der Waals surface area contributed by atoms with E-state index in [0.29, 0.717) is 11.9 Å². The molecule has 2 atom stereocenters. The number of carbonyl (C=O) groups is 1. The maximum atomic E-state index is 12.5. The van der Waals surface area contributed by atoms with E-state index in [2.05, 4.69) is 28.9 Å². The van der Waals surface area contributed by atoms with Crippen molar-refractivity contribution in [1.29, 1.82) is 0 Å². The highest BCUT2D eigenvalue weighted by molar-refractivity contribution is 7.12. The molecule has 0 bridgehead atoms. The molecule has 1 aromatic heterocycles. The van der Waals surface area contributed by atoms with Gasteiger partial charge in [-0.05, 0) is 50.7 Å². The molecule has 4 rings (SSSR count). The van der Waals surface area contributed by atoms with Crippen LogP contribution in [0.4, 0.5) is 0 Å². The molecule has 3 nitrogen and oxygen atoms in total. The summed E-state index contributed by atoms with van der Waals surface area (Å²) < 4.78 is 0. The summed E-state index contributed by atoms with van der Waals surface area (Å²) >= 11 is 1.99. The summed E-state index contributed by atoms with van der Waals surface area (Å²) in [5, 5.41) is 0. The molecule has 0 N–H and O–H groups in total. The van der Waals surface area contributed by atoms with Gasteiger partial charge in [0.2, 0.25) is 5.91 Å². The van der Waals surface area contributed by atoms with Crippen molar-refractivity contribution in [1.82, 2.24) is 9.80 Å². The Morgan fingerprint density at radius 3 is 2.82 bits per heavy atom. The van der Waals surface area contributed by atoms with Crippen molar-refractivity contribution in [2.45, 2.75) is 70.0 Å². The molecule has 1 aliphatic carbocycles. The Labute approximate surface area is 137 Å². The Hall–Kier alpha value is -0.870. The van der Waals surface area contributed by atoms with Gasteiger partial charge in [0.1, 0.15) is 0 Å². The molecule has 120 valence electrons. The summed E-state index contributed by atoms with van der Waals surface area (Å²) in [5.74, 6) is 1.16. The molecular formula is C18H26N2OS. The molecule has 22 heavy (non-hydrogen) atoms. The molecule has 0 aromatic carbocycles. The Bertz CT molecular complexity index is 549. The van der Waals surface area contributed by atoms with Crippen LogP contribution >= 0.6 is 11.3 Å². The maximum Gasteiger partial charge on any atom is 0.239 e. The summed E-state index contributed by atoms with van der Waals surface area (Å²) in [6.07, 6.45) is 7.90. The minimum absolute atomic E-state index is 0.0476. The van der Waals surface area contributed by atoms with Crippen LogP contribution < -0.4 is 0 Å². The second kappa shape index (κ2) is 5.97. The fourth-order valence-corrected chi connectivity index (χ4v) is 5.66. The lowest BCUT2D eigenvalue weighted by atomic mass is 10.1. The van der Waals surface area contributed by atoms with Crippen LogP contribution in [0.2, 0.25) is 0 Å². The molecule has 2 saturated heterocycles. The minimum Gasteiger partial charge on any atom is -0.337 e. The van der Waals surface area contributed by atoms with E-state index in [1.54, 1.807) is 4.88 Å². The summed E-state index contributed by atoms with van der Waals surface area (Å²) in [5.41, 5.74) is 0. The third-order valence-corrected chi connectivity index (χ3v) is 7.04. The van der Waals surface area contributed by atoms with Gasteiger partial charge in [-0.3, -0.25) is 9.69 Å². The van der Waals surface area contributed by atoms with Gasteiger partial charge in [0.05, 0.1) is 6.04 Å². The van der Waals surface area contributed by atoms with Crippen molar-refractivity contribution in [2.24, 2.45) is 0 Å². The molecule has 1 aromatic rings. The van der Waals surface area contributed by atoms with E-state index in [1.165, 1.54) is 43.4 Å². The van der Waals surface area contributed by atoms with Crippen molar-refractivity contribution < 1.29 is 4.79 Å². The van der Waals surface area contributed by atoms with E-state index in [-0.39, 0.29) is 6.04 Å². The van der Waals surface area contributed by atoms with E-state index in [9.17, 15) is 4.79 Å². The number of piperazine rings is 1. The lowest BCUT2D eigenvalue weighted by Gasteiger charge is -2.41. The lowest BCUT2D eigenvalue weighted by Crippen LogP contribution is -2.58. The Morgan fingerprint density at radius 2 is 2.00 bits per heavy atom. The highest BCUT2D eigenvalue weighted by atomic mass is 32.1. The van der Waals surface area contributed by atoms with Crippen molar-refractivity contribution in [2.75, 3.05) is 13.1 Å². The SMILES string of the molecule is C[C@@H]1C(=O)N2CCC[C@@H]2CN1Cc1ccc(C2CCCC2)s1. The van der Waals surface area contributed by atoms with E-state index < -0.39 is 0 Å². The fourth-order valence-electron chi connectivity index (χ4n) is 4.45. The van der Waals surface area contributed by atoms with Gasteiger partial charge in [0.15, 0.2) is 0 Å². The summed E-state index contributed by atoms with van der Waals surface area (Å²) in [4.78, 5) is 20.0. The van der Waals surface area contributed by atoms with Crippen LogP contribution in [-0.2, 0) is 11.3 Å². The summed E-state index contributed by atoms with van der Waals surface area (Å²) in [6.45, 7) is 5.08. The van der Waals surface area contributed by atoms with Crippen molar-refractivity contribution in [3.05, 3.63) is 21.9 Å². The molecule has 3 aliphatic rings. The first-order valence-corrected chi connectivity index (χ1v) is 9.67. The molecule has 0 unspecified atom stereocenters. The van der Waals surface area contributed by atoms with Crippen LogP contribution in [0.3, 0.4) is 0 Å². The monoisotopic (exact) mass is 318 g/mol. The average Bonchev–Trinajstić information content (AvgIpc) is 3.24. The average molecular weight is 318 g/mol. The van der Waals surface area contributed by atoms with Gasteiger partial charge in [-0.25, -0.2) is 0 Å². The highest BCUT2D eigenvalue weighted by Gasteiger charge is 2.40. The molecular weight excluding hydrogens is 292 g/mol. The topological polar surface area (TPSA) is 23.6 Å². The molecule has 3 heterocycles. The van der Waals surface area contributed by atoms with Crippen LogP contribution in [0, 0.1) is 0 Å². The first-order valence-electron chi connectivity index (χ1n) is 8.85. The number of nitrogens with zero attached hydrogens (tertiary/aromatic N) is 2. The van der Waals surface area contributed by atoms with Crippen LogP contribution in [0.5, 0.6) is 0 Å². The van der Waals surface area contributed by atoms with Gasteiger partial charge in [0, 0.05) is 35.4 Å². The predicted octanol–water partition coefficient (Wildman–Crippen LogP) is 3.60. The second-order valence-corrected chi connectivity index (χ2v) is 8.42. The van der Waals surface area contributed by atoms with Gasteiger partial charge < -0.3 is 4.90 Å². The second-order valence-electron chi connectivity index (χ2n) is 7.22. The number of hydrogen-bond acceptors (Lipinski definition) is 3. The zero-order valence-corrected chi connectivity index (χ0v) is 14.3. The largest absolute Gasteiger partial charge is 0.337 e. The minimum atomic E-state index is 0.0476. The Balaban J connectivity index is 1.45. The quantitative estimate of drug-likeness (QED) is 0.850. The maximum absolute atomic E-state index is 12.5. The first-order chi connectivity index (χ1) is 10.7. The zero-order chi connectivity index (χ0) is 15.1. The van der Waals surface area contributed by atoms with Gasteiger partial charge in [-0.15, -0.1) is 11.3 Å². The van der Waals surface area contributed by atoms with Gasteiger partial charge in [-0.2, -0.15) is 0 Å². The molecule has 1 saturated carbocycles. The zero-order valence-electron chi connectivity index (χ0n) is 13.5. The van der Waals surface area contributed by atoms with Crippen molar-refractivity contribution in [3.8, 4) is 0 Å². The third kappa shape index (κ3) is 2.61. The van der Waals surface area contributed by atoms with Crippen LogP contribution in [-0.4, -0.2) is 40.9 Å². The number of thiophene rings is 1. The summed E-state index contributed by atoms with van der Waals surface area (Å²) in [6, 6.07) is 5.16. The van der Waals surface area contributed by atoms with Crippen LogP contribution in [0.25, 0.3) is 0 Å². The number of carbonyl (C=O) groups excluding carboxylic acids is 1. The molecule has 0 spiro atoms. The number of hydrogen-bond donors (Lipinski definition) is 0. The third-order valence-electron chi connectivity index (χ3n) is 5.81. The Morgan fingerprint density at radius 1 is 1.18 bits per heavy atom. The van der Waals surface area contributed by atoms with E-state index in [0.717, 1.165) is 25.6 Å². The van der Waals surface area contributed by atoms with Crippen LogP contribution in [0.15, 0.2) is 12.1 Å². The Kier molecular flexibility index (Phi) is 3.99. The molecule has 0 radical (unpaired) electrons. The van der Waals surface area contributed by atoms with Crippen molar-refractivity contribution >= 4 is 17.2 Å². The highest BCUT2D eigenvalue weighted by Crippen LogP contribution is 2.38. The number of amides is 1. The van der Waals surface area contributed by atoms with E-state index in [1.807, 2.05) is 11.3 Å². The number of rotatable bonds is 3. The lowest BCUT2D eigenvalue weighted by molar-refractivity contribution is -0.143. The van der Waals surface area contributed by atoms with Gasteiger partial charge in [-0.1, -0.05) is 12.8 Å². The van der Waals surface area contributed by atoms with E-state index in [4.69, 9.17) is 0 Å². The van der Waals surface area contributed by atoms with Gasteiger partial charge >= 0.3 is 0 Å². The molecule has 1 amide bonds. The van der Waals surface area contributed by atoms with Crippen molar-refractivity contribution in [3.63, 3.8) is 0 Å². The molecule has 4 heteroatoms. The summed E-state index contributed by atoms with van der Waals surface area (Å²) in [7, 11) is 0. The normalized spacial score (nSPS) is 30.2. The predicted molar refractivity (Wildman–Crippen MR) is 90.1 cm³/mol. The first kappa shape index (κ1) is 14.7. The smallest absolute Gasteiger partial charge is 0.239 e. The molecule has 3 fully saturated rings. The standard InChI is InChI=1S/C18H26N2OS/c1-13-18(21)20-10-4-7-15(20)11-19(13)12-16-8-9-17(22-16)14-5-2-3-6-14/h8-9,13-15H,2-7,10-12H2,1H3/t13-,15-/m1/s1. The number of fused-ring (bicyclic) bond motifs is 1. The molecule has 2 aliphatic heterocycles.